The second-order valence-corrected chi connectivity index (χ2v) is 5.70. The zero-order valence-electron chi connectivity index (χ0n) is 13.5. The smallest absolute Gasteiger partial charge is 0.401 e. The van der Waals surface area contributed by atoms with Gasteiger partial charge in [0.1, 0.15) is 24.1 Å². The third-order valence-electron chi connectivity index (χ3n) is 3.84. The van der Waals surface area contributed by atoms with Gasteiger partial charge in [0.15, 0.2) is 5.65 Å². The molecule has 0 radical (unpaired) electrons. The number of carbonyl (C=O) groups excluding carboxylic acids is 1. The number of esters is 1. The van der Waals surface area contributed by atoms with Crippen LogP contribution in [0.5, 0.6) is 5.88 Å². The fraction of sp³-hybridized carbons (Fsp3) is 0.125. The van der Waals surface area contributed by atoms with E-state index in [-0.39, 0.29) is 28.3 Å². The van der Waals surface area contributed by atoms with Gasteiger partial charge in [-0.25, -0.2) is 19.4 Å². The van der Waals surface area contributed by atoms with Crippen molar-refractivity contribution >= 4 is 33.7 Å². The van der Waals surface area contributed by atoms with Crippen LogP contribution >= 0.6 is 0 Å². The maximum atomic E-state index is 12.8. The number of H-pyrrole nitrogens is 1. The number of aromatic amines is 1. The minimum Gasteiger partial charge on any atom is -0.401 e. The first-order chi connectivity index (χ1) is 12.8. The Hall–Kier alpha value is -3.63. The number of benzene rings is 1. The quantitative estimate of drug-likeness (QED) is 0.532. The standard InChI is InChI=1S/C16H11F3N6O2/c17-16(18,19)6-25-13-11(12(20)22-7-23-13)14(24-25)27-15(26)9-2-1-8-3-4-21-10(8)5-9/h1-5,7,21H,6H2,(H2,20,22,23). The second-order valence-electron chi connectivity index (χ2n) is 5.70. The van der Waals surface area contributed by atoms with E-state index in [0.717, 1.165) is 11.7 Å². The van der Waals surface area contributed by atoms with Gasteiger partial charge in [0.05, 0.1) is 5.56 Å². The van der Waals surface area contributed by atoms with Crippen LogP contribution in [0.1, 0.15) is 10.4 Å². The molecule has 0 bridgehead atoms. The molecular weight excluding hydrogens is 365 g/mol. The first kappa shape index (κ1) is 16.8. The summed E-state index contributed by atoms with van der Waals surface area (Å²) in [4.78, 5) is 22.9. The average molecular weight is 376 g/mol. The molecule has 27 heavy (non-hydrogen) atoms. The van der Waals surface area contributed by atoms with Gasteiger partial charge in [-0.05, 0) is 23.6 Å². The number of nitrogens with zero attached hydrogens (tertiary/aromatic N) is 4. The summed E-state index contributed by atoms with van der Waals surface area (Å²) >= 11 is 0. The lowest BCUT2D eigenvalue weighted by molar-refractivity contribution is -0.142. The number of aromatic nitrogens is 5. The molecule has 3 heterocycles. The molecule has 0 atom stereocenters. The van der Waals surface area contributed by atoms with Crippen LogP contribution in [0.2, 0.25) is 0 Å². The molecule has 0 amide bonds. The number of rotatable bonds is 3. The van der Waals surface area contributed by atoms with Crippen LogP contribution in [0, 0.1) is 0 Å². The number of halogens is 3. The largest absolute Gasteiger partial charge is 0.408 e. The molecule has 0 aliphatic rings. The van der Waals surface area contributed by atoms with Gasteiger partial charge in [-0.15, -0.1) is 5.10 Å². The molecule has 0 unspecified atom stereocenters. The summed E-state index contributed by atoms with van der Waals surface area (Å²) in [7, 11) is 0. The van der Waals surface area contributed by atoms with Crippen LogP contribution in [0.3, 0.4) is 0 Å². The van der Waals surface area contributed by atoms with Crippen molar-refractivity contribution in [2.24, 2.45) is 0 Å². The fourth-order valence-corrected chi connectivity index (χ4v) is 2.67. The Morgan fingerprint density at radius 2 is 2.07 bits per heavy atom. The van der Waals surface area contributed by atoms with Gasteiger partial charge in [0.25, 0.3) is 5.88 Å². The number of fused-ring (bicyclic) bond motifs is 2. The predicted octanol–water partition coefficient (Wildman–Crippen LogP) is 2.67. The Labute approximate surface area is 148 Å². The van der Waals surface area contributed by atoms with E-state index in [4.69, 9.17) is 10.5 Å². The van der Waals surface area contributed by atoms with Crippen molar-refractivity contribution in [2.75, 3.05) is 5.73 Å². The summed E-state index contributed by atoms with van der Waals surface area (Å²) in [5, 5.41) is 4.55. The monoisotopic (exact) mass is 376 g/mol. The van der Waals surface area contributed by atoms with Crippen LogP contribution < -0.4 is 10.5 Å². The lowest BCUT2D eigenvalue weighted by atomic mass is 10.2. The average Bonchev–Trinajstić information content (AvgIpc) is 3.18. The number of anilines is 1. The van der Waals surface area contributed by atoms with Crippen LogP contribution in [0.4, 0.5) is 19.0 Å². The Morgan fingerprint density at radius 3 is 2.85 bits per heavy atom. The lowest BCUT2D eigenvalue weighted by Gasteiger charge is -2.06. The SMILES string of the molecule is Nc1ncnc2c1c(OC(=O)c1ccc3cc[nH]c3c1)nn2CC(F)(F)F. The summed E-state index contributed by atoms with van der Waals surface area (Å²) in [5.74, 6) is -1.33. The van der Waals surface area contributed by atoms with Gasteiger partial charge in [0.2, 0.25) is 0 Å². The minimum absolute atomic E-state index is 0.0592. The highest BCUT2D eigenvalue weighted by atomic mass is 19.4. The van der Waals surface area contributed by atoms with Gasteiger partial charge in [-0.3, -0.25) is 0 Å². The molecule has 0 aliphatic heterocycles. The molecule has 138 valence electrons. The van der Waals surface area contributed by atoms with Crippen LogP contribution in [0.25, 0.3) is 21.9 Å². The van der Waals surface area contributed by atoms with Crippen molar-refractivity contribution in [3.8, 4) is 5.88 Å². The number of hydrogen-bond acceptors (Lipinski definition) is 6. The van der Waals surface area contributed by atoms with Gasteiger partial charge in [-0.2, -0.15) is 13.2 Å². The summed E-state index contributed by atoms with van der Waals surface area (Å²) < 4.78 is 44.1. The summed E-state index contributed by atoms with van der Waals surface area (Å²) in [6.07, 6.45) is -1.82. The lowest BCUT2D eigenvalue weighted by Crippen LogP contribution is -2.19. The number of carbonyl (C=O) groups is 1. The number of hydrogen-bond donors (Lipinski definition) is 2. The van der Waals surface area contributed by atoms with Crippen LogP contribution in [-0.4, -0.2) is 36.9 Å². The molecule has 3 aromatic heterocycles. The van der Waals surface area contributed by atoms with E-state index in [2.05, 4.69) is 20.1 Å². The highest BCUT2D eigenvalue weighted by Crippen LogP contribution is 2.30. The number of ether oxygens (including phenoxy) is 1. The molecule has 3 N–H and O–H groups in total. The van der Waals surface area contributed by atoms with Gasteiger partial charge >= 0.3 is 12.1 Å². The molecule has 1 aromatic carbocycles. The molecule has 0 aliphatic carbocycles. The van der Waals surface area contributed by atoms with Crippen molar-refractivity contribution in [1.29, 1.82) is 0 Å². The summed E-state index contributed by atoms with van der Waals surface area (Å²) in [6.45, 7) is -1.41. The molecule has 4 aromatic rings. The highest BCUT2D eigenvalue weighted by Gasteiger charge is 2.31. The number of nitrogen functional groups attached to an aromatic ring is 1. The molecule has 4 rings (SSSR count). The molecule has 8 nitrogen and oxygen atoms in total. The second kappa shape index (κ2) is 5.97. The van der Waals surface area contributed by atoms with E-state index < -0.39 is 18.7 Å². The van der Waals surface area contributed by atoms with Crippen molar-refractivity contribution in [3.63, 3.8) is 0 Å². The van der Waals surface area contributed by atoms with Crippen LogP contribution in [0.15, 0.2) is 36.8 Å². The van der Waals surface area contributed by atoms with Crippen molar-refractivity contribution in [2.45, 2.75) is 12.7 Å². The van der Waals surface area contributed by atoms with E-state index in [9.17, 15) is 18.0 Å². The Bertz CT molecular complexity index is 1160. The normalized spacial score (nSPS) is 12.0. The number of nitrogens with one attached hydrogen (secondary N) is 1. The molecular formula is C16H11F3N6O2. The van der Waals surface area contributed by atoms with Crippen molar-refractivity contribution in [1.82, 2.24) is 24.7 Å². The Balaban J connectivity index is 1.73. The van der Waals surface area contributed by atoms with E-state index in [1.165, 1.54) is 6.07 Å². The molecule has 0 saturated heterocycles. The highest BCUT2D eigenvalue weighted by molar-refractivity contribution is 5.98. The first-order valence-corrected chi connectivity index (χ1v) is 7.65. The zero-order chi connectivity index (χ0) is 19.2. The first-order valence-electron chi connectivity index (χ1n) is 7.65. The zero-order valence-corrected chi connectivity index (χ0v) is 13.5. The Morgan fingerprint density at radius 1 is 1.26 bits per heavy atom. The van der Waals surface area contributed by atoms with E-state index in [1.807, 2.05) is 6.07 Å². The van der Waals surface area contributed by atoms with E-state index >= 15 is 0 Å². The molecule has 0 spiro atoms. The minimum atomic E-state index is -4.54. The molecule has 11 heteroatoms. The van der Waals surface area contributed by atoms with Crippen molar-refractivity contribution < 1.29 is 22.7 Å². The fourth-order valence-electron chi connectivity index (χ4n) is 2.67. The number of alkyl halides is 3. The maximum Gasteiger partial charge on any atom is 0.408 e. The Kier molecular flexibility index (Phi) is 3.72. The summed E-state index contributed by atoms with van der Waals surface area (Å²) in [6, 6.07) is 6.63. The van der Waals surface area contributed by atoms with Crippen molar-refractivity contribution in [3.05, 3.63) is 42.4 Å². The topological polar surface area (TPSA) is 112 Å². The maximum absolute atomic E-state index is 12.8. The van der Waals surface area contributed by atoms with E-state index in [1.54, 1.807) is 18.3 Å². The van der Waals surface area contributed by atoms with Gasteiger partial charge in [-0.1, -0.05) is 6.07 Å². The molecule has 0 fully saturated rings. The third kappa shape index (κ3) is 3.14. The number of nitrogens with two attached hydrogens (primary N) is 1. The van der Waals surface area contributed by atoms with Gasteiger partial charge in [0, 0.05) is 11.7 Å². The third-order valence-corrected chi connectivity index (χ3v) is 3.84. The van der Waals surface area contributed by atoms with Gasteiger partial charge < -0.3 is 15.5 Å². The molecule has 0 saturated carbocycles. The summed E-state index contributed by atoms with van der Waals surface area (Å²) in [5.41, 5.74) is 6.45. The predicted molar refractivity (Wildman–Crippen MR) is 89.0 cm³/mol. The van der Waals surface area contributed by atoms with Crippen LogP contribution in [-0.2, 0) is 6.54 Å². The van der Waals surface area contributed by atoms with E-state index in [0.29, 0.717) is 10.2 Å².